The number of hydrogen-bond donors (Lipinski definition) is 0. The van der Waals surface area contributed by atoms with Gasteiger partial charge in [0.25, 0.3) is 0 Å². The van der Waals surface area contributed by atoms with Gasteiger partial charge in [0.2, 0.25) is 0 Å². The highest BCUT2D eigenvalue weighted by molar-refractivity contribution is 9.24. The average molecular weight is 534 g/mol. The van der Waals surface area contributed by atoms with E-state index in [9.17, 15) is 8.78 Å². The largest absolute Gasteiger partial charge is 0.207 e. The van der Waals surface area contributed by atoms with Gasteiger partial charge in [0.05, 0.1) is 7.47 Å². The monoisotopic (exact) mass is 530 g/mol. The normalized spacial score (nSPS) is 11.4. The molecule has 2 aromatic carbocycles. The number of benzene rings is 2. The van der Waals surface area contributed by atoms with Gasteiger partial charge in [-0.1, -0.05) is 75.9 Å². The molecule has 0 heterocycles. The minimum atomic E-state index is -0.314. The van der Waals surface area contributed by atoms with Crippen LogP contribution in [0.4, 0.5) is 8.78 Å². The predicted molar refractivity (Wildman–Crippen MR) is 93.0 cm³/mol. The van der Waals surface area contributed by atoms with E-state index in [1.807, 2.05) is 0 Å². The van der Waals surface area contributed by atoms with Gasteiger partial charge in [-0.2, -0.15) is 0 Å². The summed E-state index contributed by atoms with van der Waals surface area (Å²) in [6, 6.07) is 9.08. The van der Waals surface area contributed by atoms with Crippen LogP contribution in [0, 0.1) is 11.6 Å². The first-order valence-corrected chi connectivity index (χ1v) is 9.22. The second-order valence-electron chi connectivity index (χ2n) is 4.06. The van der Waals surface area contributed by atoms with Crippen LogP contribution in [0.25, 0.3) is 11.1 Å². The Balaban J connectivity index is 2.68. The fraction of sp³-hybridized carbons (Fsp3) is 0.143. The van der Waals surface area contributed by atoms with Gasteiger partial charge in [0, 0.05) is 0 Å². The van der Waals surface area contributed by atoms with E-state index in [0.29, 0.717) is 0 Å². The molecule has 0 N–H and O–H groups in total. The molecule has 20 heavy (non-hydrogen) atoms. The van der Waals surface area contributed by atoms with Crippen LogP contribution >= 0.6 is 63.7 Å². The van der Waals surface area contributed by atoms with Crippen molar-refractivity contribution in [1.82, 2.24) is 0 Å². The molecule has 2 rings (SSSR count). The van der Waals surface area contributed by atoms with Gasteiger partial charge >= 0.3 is 0 Å². The van der Waals surface area contributed by atoms with Crippen LogP contribution in [0.5, 0.6) is 0 Å². The zero-order valence-electron chi connectivity index (χ0n) is 9.89. The molecule has 0 saturated heterocycles. The van der Waals surface area contributed by atoms with Crippen LogP contribution in [0.2, 0.25) is 0 Å². The Morgan fingerprint density at radius 1 is 0.650 bits per heavy atom. The van der Waals surface area contributed by atoms with Crippen LogP contribution in [0.1, 0.15) is 18.6 Å². The Labute approximate surface area is 149 Å². The zero-order valence-corrected chi connectivity index (χ0v) is 16.2. The number of hydrogen-bond acceptors (Lipinski definition) is 0. The summed E-state index contributed by atoms with van der Waals surface area (Å²) in [6.45, 7) is 0. The molecule has 0 bridgehead atoms. The number of halogens is 6. The van der Waals surface area contributed by atoms with Gasteiger partial charge in [0.1, 0.15) is 11.6 Å². The highest BCUT2D eigenvalue weighted by atomic mass is 79.9. The Morgan fingerprint density at radius 3 is 1.30 bits per heavy atom. The molecule has 0 saturated carbocycles. The van der Waals surface area contributed by atoms with Crippen molar-refractivity contribution in [1.29, 1.82) is 0 Å². The average Bonchev–Trinajstić information content (AvgIpc) is 2.38. The van der Waals surface area contributed by atoms with Crippen LogP contribution in [0.15, 0.2) is 36.4 Å². The zero-order chi connectivity index (χ0) is 14.9. The van der Waals surface area contributed by atoms with E-state index >= 15 is 0 Å². The van der Waals surface area contributed by atoms with Crippen molar-refractivity contribution < 1.29 is 8.78 Å². The summed E-state index contributed by atoms with van der Waals surface area (Å²) in [4.78, 5) is 0. The lowest BCUT2D eigenvalue weighted by atomic mass is 9.96. The van der Waals surface area contributed by atoms with Gasteiger partial charge in [0.15, 0.2) is 0 Å². The summed E-state index contributed by atoms with van der Waals surface area (Å²) in [5, 5.41) is 0. The highest BCUT2D eigenvalue weighted by Gasteiger charge is 2.17. The number of alkyl halides is 4. The summed E-state index contributed by atoms with van der Waals surface area (Å²) in [5.74, 6) is -0.629. The molecule has 0 atom stereocenters. The van der Waals surface area contributed by atoms with E-state index < -0.39 is 0 Å². The Hall–Kier alpha value is 0.220. The topological polar surface area (TPSA) is 0 Å². The van der Waals surface area contributed by atoms with Gasteiger partial charge in [-0.05, 0) is 46.5 Å². The Morgan fingerprint density at radius 2 is 1.00 bits per heavy atom. The van der Waals surface area contributed by atoms with E-state index in [4.69, 9.17) is 0 Å². The van der Waals surface area contributed by atoms with E-state index in [0.717, 1.165) is 22.3 Å². The third-order valence-electron chi connectivity index (χ3n) is 2.79. The second-order valence-corrected chi connectivity index (χ2v) is 10.2. The molecule has 0 amide bonds. The lowest BCUT2D eigenvalue weighted by Crippen LogP contribution is -1.95. The Kier molecular flexibility index (Phi) is 5.79. The highest BCUT2D eigenvalue weighted by Crippen LogP contribution is 2.42. The van der Waals surface area contributed by atoms with E-state index in [1.54, 1.807) is 12.1 Å². The minimum absolute atomic E-state index is 0.192. The van der Waals surface area contributed by atoms with Crippen molar-refractivity contribution in [3.8, 4) is 11.1 Å². The lowest BCUT2D eigenvalue weighted by Gasteiger charge is -2.16. The van der Waals surface area contributed by atoms with Crippen molar-refractivity contribution >= 4 is 63.7 Å². The molecule has 0 nitrogen and oxygen atoms in total. The summed E-state index contributed by atoms with van der Waals surface area (Å²) in [5.41, 5.74) is 3.17. The summed E-state index contributed by atoms with van der Waals surface area (Å²) >= 11 is 13.6. The second kappa shape index (κ2) is 6.99. The van der Waals surface area contributed by atoms with Crippen LogP contribution in [0.3, 0.4) is 0 Å². The van der Waals surface area contributed by atoms with Crippen LogP contribution in [-0.2, 0) is 0 Å². The van der Waals surface area contributed by atoms with Crippen molar-refractivity contribution in [3.63, 3.8) is 0 Å². The van der Waals surface area contributed by atoms with Gasteiger partial charge in [-0.3, -0.25) is 0 Å². The first kappa shape index (κ1) is 16.6. The van der Waals surface area contributed by atoms with Crippen LogP contribution in [-0.4, -0.2) is 0 Å². The first-order valence-electron chi connectivity index (χ1n) is 5.55. The molecule has 0 unspecified atom stereocenters. The summed E-state index contributed by atoms with van der Waals surface area (Å²) in [6.07, 6.45) is 0. The minimum Gasteiger partial charge on any atom is -0.207 e. The number of rotatable bonds is 3. The van der Waals surface area contributed by atoms with Gasteiger partial charge in [-0.15, -0.1) is 0 Å². The summed E-state index contributed by atoms with van der Waals surface area (Å²) < 4.78 is 26.5. The van der Waals surface area contributed by atoms with Crippen molar-refractivity contribution in [2.24, 2.45) is 0 Å². The molecule has 0 aromatic heterocycles. The smallest absolute Gasteiger partial charge is 0.123 e. The molecule has 0 aliphatic rings. The molecule has 0 aliphatic carbocycles. The maximum Gasteiger partial charge on any atom is 0.123 e. The molecule has 0 aliphatic heterocycles. The molecule has 0 spiro atoms. The fourth-order valence-electron chi connectivity index (χ4n) is 1.92. The molecule has 6 heteroatoms. The molecule has 0 radical (unpaired) electrons. The third kappa shape index (κ3) is 3.70. The van der Waals surface area contributed by atoms with E-state index in [-0.39, 0.29) is 19.1 Å². The predicted octanol–water partition coefficient (Wildman–Crippen LogP) is 7.21. The van der Waals surface area contributed by atoms with E-state index in [1.165, 1.54) is 24.3 Å². The van der Waals surface area contributed by atoms with Gasteiger partial charge in [-0.25, -0.2) is 8.78 Å². The van der Waals surface area contributed by atoms with Crippen molar-refractivity contribution in [2.45, 2.75) is 7.47 Å². The fourth-order valence-corrected chi connectivity index (χ4v) is 3.43. The quantitative estimate of drug-likeness (QED) is 0.366. The molecule has 106 valence electrons. The maximum absolute atomic E-state index is 13.4. The van der Waals surface area contributed by atoms with Crippen LogP contribution < -0.4 is 0 Å². The maximum atomic E-state index is 13.4. The SMILES string of the molecule is Fc1ccc(-c2ccc(F)cc2C(Br)Br)c(C(Br)Br)c1. The first-order chi connectivity index (χ1) is 9.40. The molecule has 2 aromatic rings. The lowest BCUT2D eigenvalue weighted by molar-refractivity contribution is 0.625. The van der Waals surface area contributed by atoms with E-state index in [2.05, 4.69) is 63.7 Å². The Bertz CT molecular complexity index is 571. The van der Waals surface area contributed by atoms with Gasteiger partial charge < -0.3 is 0 Å². The molecular weight excluding hydrogens is 526 g/mol. The third-order valence-corrected chi connectivity index (χ3v) is 4.76. The van der Waals surface area contributed by atoms with Crippen molar-refractivity contribution in [2.75, 3.05) is 0 Å². The molecule has 0 fully saturated rings. The molecular formula is C14H8Br4F2. The van der Waals surface area contributed by atoms with Crippen molar-refractivity contribution in [3.05, 3.63) is 59.2 Å². The summed E-state index contributed by atoms with van der Waals surface area (Å²) in [7, 11) is 0. The standard InChI is InChI=1S/C14H8Br4F2/c15-13(16)11-5-7(19)1-3-9(11)10-4-2-8(20)6-12(10)14(17)18/h1-6,13-14H.